The second kappa shape index (κ2) is 11.3. The lowest BCUT2D eigenvalue weighted by Gasteiger charge is -2.36. The van der Waals surface area contributed by atoms with Gasteiger partial charge in [-0.25, -0.2) is 0 Å². The largest absolute Gasteiger partial charge is 0.492 e. The van der Waals surface area contributed by atoms with E-state index in [1.807, 2.05) is 44.4 Å². The van der Waals surface area contributed by atoms with Gasteiger partial charge in [0.05, 0.1) is 0 Å². The molecular weight excluding hydrogens is 409 g/mol. The Morgan fingerprint density at radius 3 is 1.96 bits per heavy atom. The predicted octanol–water partition coefficient (Wildman–Crippen LogP) is 4.37. The molecule has 0 radical (unpaired) electrons. The van der Waals surface area contributed by atoms with Crippen LogP contribution in [0.25, 0.3) is 10.8 Å². The van der Waals surface area contributed by atoms with Gasteiger partial charge in [-0.15, -0.1) is 0 Å². The molecule has 3 rings (SSSR count). The Labute approximate surface area is 171 Å². The minimum atomic E-state index is -2.45. The van der Waals surface area contributed by atoms with Gasteiger partial charge in [-0.3, -0.25) is 0 Å². The van der Waals surface area contributed by atoms with Crippen molar-refractivity contribution in [3.8, 4) is 5.75 Å². The average Bonchev–Trinajstić information content (AvgIpc) is 2.51. The second-order valence-corrected chi connectivity index (χ2v) is 16.2. The van der Waals surface area contributed by atoms with Gasteiger partial charge in [0.15, 0.2) is 0 Å². The minimum Gasteiger partial charge on any atom is -0.492 e. The third-order valence-electron chi connectivity index (χ3n) is 3.82. The van der Waals surface area contributed by atoms with Crippen LogP contribution in [0.1, 0.15) is 22.3 Å². The third-order valence-corrected chi connectivity index (χ3v) is 17.3. The zero-order valence-electron chi connectivity index (χ0n) is 14.5. The van der Waals surface area contributed by atoms with Gasteiger partial charge in [0.2, 0.25) is 0 Å². The fourth-order valence-electron chi connectivity index (χ4n) is 2.90. The molecule has 1 fully saturated rings. The van der Waals surface area contributed by atoms with Crippen LogP contribution < -0.4 is 4.74 Å². The van der Waals surface area contributed by atoms with Crippen LogP contribution >= 0.6 is 0 Å². The first-order chi connectivity index (χ1) is 11.4. The highest BCUT2D eigenvalue weighted by Gasteiger charge is 2.40. The first kappa shape index (κ1) is 26.2. The molecular formula is C18H36O5Si4. The molecule has 0 aromatic heterocycles. The molecule has 27 heavy (non-hydrogen) atoms. The molecule has 9 heteroatoms. The molecule has 0 N–H and O–H groups in total. The lowest BCUT2D eigenvalue weighted by Crippen LogP contribution is -2.56. The highest BCUT2D eigenvalue weighted by atomic mass is 28.5. The number of hydrogen-bond donors (Lipinski definition) is 0. The molecule has 2 unspecified atom stereocenters. The van der Waals surface area contributed by atoms with Crippen molar-refractivity contribution in [2.24, 2.45) is 0 Å². The van der Waals surface area contributed by atoms with Gasteiger partial charge in [0.1, 0.15) is 12.0 Å². The lowest BCUT2D eigenvalue weighted by molar-refractivity contribution is 0.242. The second-order valence-electron chi connectivity index (χ2n) is 6.14. The van der Waals surface area contributed by atoms with Crippen molar-refractivity contribution < 1.29 is 21.2 Å². The monoisotopic (exact) mass is 444 g/mol. The van der Waals surface area contributed by atoms with Crippen LogP contribution in [0.3, 0.4) is 0 Å². The Balaban J connectivity index is 0.00000225. The summed E-state index contributed by atoms with van der Waals surface area (Å²) in [6, 6.07) is 14.4. The summed E-state index contributed by atoms with van der Waals surface area (Å²) in [5, 5.41) is 2.37. The summed E-state index contributed by atoms with van der Waals surface area (Å²) in [7, 11) is -7.50. The molecule has 0 amide bonds. The van der Waals surface area contributed by atoms with Gasteiger partial charge in [-0.2, -0.15) is 0 Å². The quantitative estimate of drug-likeness (QED) is 0.658. The van der Waals surface area contributed by atoms with E-state index in [2.05, 4.69) is 24.3 Å². The number of benzene rings is 2. The van der Waals surface area contributed by atoms with Crippen LogP contribution in [0, 0.1) is 0 Å². The molecule has 0 aliphatic carbocycles. The SMILES string of the molecule is C.C.C.C[SiH]1O[SiH](C)O[Si](C)(COc2ccc3ccccc3c2)O[SiH](C)O1. The highest BCUT2D eigenvalue weighted by Crippen LogP contribution is 2.23. The van der Waals surface area contributed by atoms with E-state index in [0.29, 0.717) is 6.23 Å². The molecule has 1 aliphatic rings. The summed E-state index contributed by atoms with van der Waals surface area (Å²) >= 11 is 0. The van der Waals surface area contributed by atoms with Crippen molar-refractivity contribution in [1.82, 2.24) is 0 Å². The van der Waals surface area contributed by atoms with Crippen molar-refractivity contribution >= 4 is 47.2 Å². The zero-order chi connectivity index (χ0) is 17.2. The summed E-state index contributed by atoms with van der Waals surface area (Å²) in [4.78, 5) is 0. The average molecular weight is 445 g/mol. The molecule has 1 aliphatic heterocycles. The van der Waals surface area contributed by atoms with Gasteiger partial charge < -0.3 is 21.2 Å². The summed E-state index contributed by atoms with van der Waals surface area (Å²) in [6.45, 7) is 8.16. The number of ether oxygens (including phenoxy) is 1. The van der Waals surface area contributed by atoms with Crippen LogP contribution in [0.15, 0.2) is 42.5 Å². The molecule has 0 saturated carbocycles. The first-order valence-electron chi connectivity index (χ1n) is 8.22. The van der Waals surface area contributed by atoms with Crippen molar-refractivity contribution in [2.45, 2.75) is 48.5 Å². The lowest BCUT2D eigenvalue weighted by atomic mass is 10.1. The van der Waals surface area contributed by atoms with Crippen LogP contribution in [0.4, 0.5) is 0 Å². The molecule has 5 nitrogen and oxygen atoms in total. The number of fused-ring (bicyclic) bond motifs is 1. The molecule has 1 saturated heterocycles. The Bertz CT molecular complexity index is 688. The van der Waals surface area contributed by atoms with Gasteiger partial charge in [0.25, 0.3) is 27.9 Å². The summed E-state index contributed by atoms with van der Waals surface area (Å²) < 4.78 is 30.4. The maximum atomic E-state index is 6.23. The number of hydrogen-bond acceptors (Lipinski definition) is 5. The fourth-order valence-corrected chi connectivity index (χ4v) is 16.8. The Hall–Kier alpha value is -0.792. The molecule has 1 heterocycles. The standard InChI is InChI=1S/C15H24O5Si4.3CH4/c1-21-17-22(2)19-24(4,20-23(3)18-21)12-16-15-10-9-13-7-5-6-8-14(13)11-15;;;/h5-11,21-23H,12H2,1-4H3;3*1H4. The van der Waals surface area contributed by atoms with E-state index in [1.165, 1.54) is 10.8 Å². The summed E-state index contributed by atoms with van der Waals surface area (Å²) in [6.07, 6.45) is 0.447. The topological polar surface area (TPSA) is 46.2 Å². The van der Waals surface area contributed by atoms with Gasteiger partial charge in [-0.05, 0) is 49.1 Å². The van der Waals surface area contributed by atoms with E-state index in [0.717, 1.165) is 5.75 Å². The molecule has 0 bridgehead atoms. The normalized spacial score (nSPS) is 27.9. The summed E-state index contributed by atoms with van der Waals surface area (Å²) in [5.41, 5.74) is 0. The van der Waals surface area contributed by atoms with E-state index in [-0.39, 0.29) is 22.3 Å². The highest BCUT2D eigenvalue weighted by molar-refractivity contribution is 6.81. The smallest absolute Gasteiger partial charge is 0.355 e. The van der Waals surface area contributed by atoms with Crippen molar-refractivity contribution in [1.29, 1.82) is 0 Å². The molecule has 154 valence electrons. The van der Waals surface area contributed by atoms with E-state index in [4.69, 9.17) is 21.2 Å². The van der Waals surface area contributed by atoms with Crippen LogP contribution in [0.2, 0.25) is 26.2 Å². The zero-order valence-corrected chi connectivity index (χ0v) is 19.0. The first-order valence-corrected chi connectivity index (χ1v) is 17.0. The van der Waals surface area contributed by atoms with E-state index < -0.39 is 36.4 Å². The van der Waals surface area contributed by atoms with Crippen molar-refractivity contribution in [3.05, 3.63) is 42.5 Å². The van der Waals surface area contributed by atoms with Gasteiger partial charge in [0, 0.05) is 0 Å². The van der Waals surface area contributed by atoms with Gasteiger partial charge >= 0.3 is 8.56 Å². The Morgan fingerprint density at radius 1 is 0.815 bits per heavy atom. The minimum absolute atomic E-state index is 0. The summed E-state index contributed by atoms with van der Waals surface area (Å²) in [5.74, 6) is 0.838. The molecule has 2 atom stereocenters. The van der Waals surface area contributed by atoms with Crippen LogP contribution in [-0.4, -0.2) is 42.6 Å². The van der Waals surface area contributed by atoms with E-state index in [9.17, 15) is 0 Å². The Morgan fingerprint density at radius 2 is 1.37 bits per heavy atom. The van der Waals surface area contributed by atoms with E-state index in [1.54, 1.807) is 0 Å². The van der Waals surface area contributed by atoms with Crippen LogP contribution in [0.5, 0.6) is 5.75 Å². The maximum Gasteiger partial charge on any atom is 0.355 e. The van der Waals surface area contributed by atoms with E-state index >= 15 is 0 Å². The molecule has 0 spiro atoms. The van der Waals surface area contributed by atoms with Crippen LogP contribution in [-0.2, 0) is 16.5 Å². The predicted molar refractivity (Wildman–Crippen MR) is 125 cm³/mol. The Kier molecular flexibility index (Phi) is 10.9. The third kappa shape index (κ3) is 7.27. The maximum absolute atomic E-state index is 6.23. The fraction of sp³-hybridized carbons (Fsp3) is 0.444. The van der Waals surface area contributed by atoms with Crippen molar-refractivity contribution in [2.75, 3.05) is 6.23 Å². The van der Waals surface area contributed by atoms with Crippen molar-refractivity contribution in [3.63, 3.8) is 0 Å². The molecule has 2 aromatic rings. The number of rotatable bonds is 3. The van der Waals surface area contributed by atoms with Gasteiger partial charge in [-0.1, -0.05) is 52.6 Å². The molecule has 2 aromatic carbocycles.